The molecule has 0 spiro atoms. The van der Waals surface area contributed by atoms with Crippen LogP contribution in [-0.4, -0.2) is 31.8 Å². The van der Waals surface area contributed by atoms with Crippen molar-refractivity contribution in [1.82, 2.24) is 14.6 Å². The van der Waals surface area contributed by atoms with Crippen LogP contribution in [0.2, 0.25) is 0 Å². The predicted octanol–water partition coefficient (Wildman–Crippen LogP) is 2.78. The van der Waals surface area contributed by atoms with Gasteiger partial charge in [0.25, 0.3) is 0 Å². The average molecular weight is 329 g/mol. The third-order valence-electron chi connectivity index (χ3n) is 3.14. The SMILES string of the molecule is CC(=N)C(C#N)C(=O)CSc1nnc2sc3ccccc3n12. The van der Waals surface area contributed by atoms with Crippen LogP contribution in [0.25, 0.3) is 15.2 Å². The monoisotopic (exact) mass is 329 g/mol. The maximum Gasteiger partial charge on any atom is 0.217 e. The number of thiazole rings is 1. The Labute approximate surface area is 134 Å². The smallest absolute Gasteiger partial charge is 0.217 e. The normalized spacial score (nSPS) is 12.4. The topological polar surface area (TPSA) is 94.9 Å². The number of hydrogen-bond donors (Lipinski definition) is 1. The lowest BCUT2D eigenvalue weighted by molar-refractivity contribution is -0.117. The summed E-state index contributed by atoms with van der Waals surface area (Å²) in [6.07, 6.45) is 0. The molecule has 110 valence electrons. The van der Waals surface area contributed by atoms with Crippen molar-refractivity contribution in [3.05, 3.63) is 24.3 Å². The first kappa shape index (κ1) is 14.7. The van der Waals surface area contributed by atoms with Crippen LogP contribution in [0, 0.1) is 22.7 Å². The van der Waals surface area contributed by atoms with Gasteiger partial charge < -0.3 is 5.41 Å². The Balaban J connectivity index is 1.87. The second-order valence-corrected chi connectivity index (χ2v) is 6.62. The van der Waals surface area contributed by atoms with Crippen LogP contribution < -0.4 is 0 Å². The molecule has 8 heteroatoms. The number of carbonyl (C=O) groups is 1. The number of Topliss-reactive ketones (excluding diaryl/α,β-unsaturated/α-hetero) is 1. The molecule has 0 radical (unpaired) electrons. The van der Waals surface area contributed by atoms with Gasteiger partial charge in [0.05, 0.1) is 22.0 Å². The van der Waals surface area contributed by atoms with Crippen molar-refractivity contribution in [1.29, 1.82) is 10.7 Å². The lowest BCUT2D eigenvalue weighted by Crippen LogP contribution is -2.21. The van der Waals surface area contributed by atoms with E-state index in [0.29, 0.717) is 5.16 Å². The Morgan fingerprint density at radius 3 is 3.00 bits per heavy atom. The quantitative estimate of drug-likeness (QED) is 0.573. The summed E-state index contributed by atoms with van der Waals surface area (Å²) in [5.41, 5.74) is 1.07. The van der Waals surface area contributed by atoms with Crippen molar-refractivity contribution in [3.63, 3.8) is 0 Å². The summed E-state index contributed by atoms with van der Waals surface area (Å²) in [4.78, 5) is 12.8. The van der Waals surface area contributed by atoms with Crippen LogP contribution in [0.1, 0.15) is 6.92 Å². The highest BCUT2D eigenvalue weighted by Crippen LogP contribution is 2.29. The third kappa shape index (κ3) is 2.49. The average Bonchev–Trinajstić information content (AvgIpc) is 3.04. The van der Waals surface area contributed by atoms with E-state index in [1.54, 1.807) is 0 Å². The van der Waals surface area contributed by atoms with Crippen molar-refractivity contribution >= 4 is 49.8 Å². The van der Waals surface area contributed by atoms with Gasteiger partial charge in [0, 0.05) is 5.71 Å². The highest BCUT2D eigenvalue weighted by atomic mass is 32.2. The largest absolute Gasteiger partial charge is 0.308 e. The number of thioether (sulfide) groups is 1. The van der Waals surface area contributed by atoms with E-state index in [1.165, 1.54) is 30.0 Å². The molecule has 3 aromatic rings. The molecule has 1 aromatic carbocycles. The highest BCUT2D eigenvalue weighted by molar-refractivity contribution is 7.99. The standard InChI is InChI=1S/C14H11N5OS2/c1-8(16)9(6-15)11(20)7-21-13-17-18-14-19(13)10-4-2-3-5-12(10)22-14/h2-5,9,16H,7H2,1H3. The molecular weight excluding hydrogens is 318 g/mol. The number of aromatic nitrogens is 3. The van der Waals surface area contributed by atoms with E-state index >= 15 is 0 Å². The minimum Gasteiger partial charge on any atom is -0.308 e. The van der Waals surface area contributed by atoms with E-state index in [-0.39, 0.29) is 17.2 Å². The molecule has 0 fully saturated rings. The summed E-state index contributed by atoms with van der Waals surface area (Å²) in [5, 5.41) is 25.3. The zero-order valence-electron chi connectivity index (χ0n) is 11.6. The molecule has 0 bridgehead atoms. The zero-order chi connectivity index (χ0) is 15.7. The van der Waals surface area contributed by atoms with Gasteiger partial charge >= 0.3 is 0 Å². The van der Waals surface area contributed by atoms with Crippen molar-refractivity contribution in [2.45, 2.75) is 12.1 Å². The summed E-state index contributed by atoms with van der Waals surface area (Å²) in [5.74, 6) is -1.16. The number of rotatable bonds is 5. The number of nitrogens with zero attached hydrogens (tertiary/aromatic N) is 4. The molecule has 0 aliphatic heterocycles. The van der Waals surface area contributed by atoms with Gasteiger partial charge in [-0.25, -0.2) is 0 Å². The molecule has 1 unspecified atom stereocenters. The molecule has 2 aromatic heterocycles. The number of hydrogen-bond acceptors (Lipinski definition) is 7. The fourth-order valence-corrected chi connectivity index (χ4v) is 3.95. The molecule has 22 heavy (non-hydrogen) atoms. The van der Waals surface area contributed by atoms with Gasteiger partial charge in [0.15, 0.2) is 10.9 Å². The zero-order valence-corrected chi connectivity index (χ0v) is 13.2. The molecule has 1 atom stereocenters. The predicted molar refractivity (Wildman–Crippen MR) is 86.6 cm³/mol. The first-order valence-electron chi connectivity index (χ1n) is 6.44. The molecule has 0 amide bonds. The lowest BCUT2D eigenvalue weighted by Gasteiger charge is -2.04. The van der Waals surface area contributed by atoms with Gasteiger partial charge in [0.2, 0.25) is 4.96 Å². The maximum absolute atomic E-state index is 12.0. The van der Waals surface area contributed by atoms with Crippen molar-refractivity contribution in [3.8, 4) is 6.07 Å². The molecule has 0 aliphatic rings. The van der Waals surface area contributed by atoms with Gasteiger partial charge in [-0.2, -0.15) is 5.26 Å². The van der Waals surface area contributed by atoms with Crippen LogP contribution >= 0.6 is 23.1 Å². The Kier molecular flexibility index (Phi) is 3.92. The minimum atomic E-state index is -0.977. The number of fused-ring (bicyclic) bond motifs is 3. The van der Waals surface area contributed by atoms with Gasteiger partial charge in [-0.1, -0.05) is 35.2 Å². The number of ketones is 1. The Morgan fingerprint density at radius 1 is 1.50 bits per heavy atom. The summed E-state index contributed by atoms with van der Waals surface area (Å²) >= 11 is 2.78. The number of carbonyl (C=O) groups excluding carboxylic acids is 1. The van der Waals surface area contributed by atoms with Crippen LogP contribution in [0.15, 0.2) is 29.4 Å². The van der Waals surface area contributed by atoms with Crippen molar-refractivity contribution in [2.75, 3.05) is 5.75 Å². The fraction of sp³-hybridized carbons (Fsp3) is 0.214. The molecule has 3 rings (SSSR count). The van der Waals surface area contributed by atoms with Crippen LogP contribution in [-0.2, 0) is 4.79 Å². The third-order valence-corrected chi connectivity index (χ3v) is 5.10. The first-order valence-corrected chi connectivity index (χ1v) is 8.25. The molecule has 0 saturated heterocycles. The Morgan fingerprint density at radius 2 is 2.27 bits per heavy atom. The van der Waals surface area contributed by atoms with E-state index in [2.05, 4.69) is 10.2 Å². The second-order valence-electron chi connectivity index (χ2n) is 4.67. The number of benzene rings is 1. The van der Waals surface area contributed by atoms with Gasteiger partial charge in [-0.15, -0.1) is 10.2 Å². The first-order chi connectivity index (χ1) is 10.6. The van der Waals surface area contributed by atoms with Gasteiger partial charge in [-0.3, -0.25) is 9.20 Å². The Bertz CT molecular complexity index is 920. The lowest BCUT2D eigenvalue weighted by atomic mass is 10.0. The van der Waals surface area contributed by atoms with Crippen molar-refractivity contribution in [2.24, 2.45) is 5.92 Å². The summed E-state index contributed by atoms with van der Waals surface area (Å²) in [7, 11) is 0. The number of nitriles is 1. The van der Waals surface area contributed by atoms with E-state index in [4.69, 9.17) is 10.7 Å². The van der Waals surface area contributed by atoms with Crippen molar-refractivity contribution < 1.29 is 4.79 Å². The minimum absolute atomic E-state index is 0.0699. The van der Waals surface area contributed by atoms with Gasteiger partial charge in [-0.05, 0) is 19.1 Å². The summed E-state index contributed by atoms with van der Waals surface area (Å²) in [6, 6.07) is 9.76. The summed E-state index contributed by atoms with van der Waals surface area (Å²) < 4.78 is 3.02. The molecule has 1 N–H and O–H groups in total. The summed E-state index contributed by atoms with van der Waals surface area (Å²) in [6.45, 7) is 1.47. The maximum atomic E-state index is 12.0. The van der Waals surface area contributed by atoms with Crippen LogP contribution in [0.4, 0.5) is 0 Å². The second kappa shape index (κ2) is 5.87. The Hall–Kier alpha value is -2.24. The van der Waals surface area contributed by atoms with Crippen LogP contribution in [0.3, 0.4) is 0 Å². The molecule has 6 nitrogen and oxygen atoms in total. The number of para-hydroxylation sites is 1. The highest BCUT2D eigenvalue weighted by Gasteiger charge is 2.21. The van der Waals surface area contributed by atoms with E-state index in [9.17, 15) is 4.79 Å². The van der Waals surface area contributed by atoms with E-state index < -0.39 is 5.92 Å². The number of nitrogens with one attached hydrogen (secondary N) is 1. The molecule has 0 saturated carbocycles. The fourth-order valence-electron chi connectivity index (χ4n) is 2.08. The molecular formula is C14H11N5OS2. The molecule has 2 heterocycles. The van der Waals surface area contributed by atoms with E-state index in [0.717, 1.165) is 15.2 Å². The molecule has 0 aliphatic carbocycles. The van der Waals surface area contributed by atoms with E-state index in [1.807, 2.05) is 34.7 Å². The van der Waals surface area contributed by atoms with Crippen LogP contribution in [0.5, 0.6) is 0 Å². The van der Waals surface area contributed by atoms with Gasteiger partial charge in [0.1, 0.15) is 5.92 Å².